The van der Waals surface area contributed by atoms with Gasteiger partial charge in [0.2, 0.25) is 0 Å². The van der Waals surface area contributed by atoms with Crippen LogP contribution >= 0.6 is 11.3 Å². The molecule has 1 aliphatic heterocycles. The van der Waals surface area contributed by atoms with E-state index in [1.807, 2.05) is 19.1 Å². The smallest absolute Gasteiger partial charge is 0.335 e. The minimum Gasteiger partial charge on any atom is -0.478 e. The minimum atomic E-state index is -0.911. The van der Waals surface area contributed by atoms with Gasteiger partial charge in [0.1, 0.15) is 5.01 Å². The largest absolute Gasteiger partial charge is 0.478 e. The number of carbonyl (C=O) groups is 1. The molecule has 1 aromatic heterocycles. The molecular weight excluding hydrogens is 274 g/mol. The fourth-order valence-electron chi connectivity index (χ4n) is 2.44. The van der Waals surface area contributed by atoms with Crippen molar-refractivity contribution < 1.29 is 14.6 Å². The van der Waals surface area contributed by atoms with Gasteiger partial charge >= 0.3 is 5.97 Å². The first-order valence-corrected chi connectivity index (χ1v) is 7.35. The zero-order valence-corrected chi connectivity index (χ0v) is 12.1. The quantitative estimate of drug-likeness (QED) is 0.918. The van der Waals surface area contributed by atoms with E-state index in [0.717, 1.165) is 22.7 Å². The molecule has 1 N–H and O–H groups in total. The second-order valence-electron chi connectivity index (χ2n) is 5.01. The van der Waals surface area contributed by atoms with Crippen LogP contribution in [0.5, 0.6) is 0 Å². The number of carboxylic acid groups (broad SMARTS) is 1. The SMILES string of the molecule is CC1Cc2nc(-c3ccc(C(=O)O)cc3)sc2C(C)O1. The van der Waals surface area contributed by atoms with Crippen molar-refractivity contribution in [1.82, 2.24) is 4.98 Å². The Hall–Kier alpha value is -1.72. The molecule has 2 aromatic rings. The number of nitrogens with zero attached hydrogens (tertiary/aromatic N) is 1. The molecule has 20 heavy (non-hydrogen) atoms. The molecule has 4 nitrogen and oxygen atoms in total. The first-order valence-electron chi connectivity index (χ1n) is 6.53. The highest BCUT2D eigenvalue weighted by Gasteiger charge is 2.26. The number of rotatable bonds is 2. The number of hydrogen-bond donors (Lipinski definition) is 1. The Balaban J connectivity index is 1.95. The number of fused-ring (bicyclic) bond motifs is 1. The van der Waals surface area contributed by atoms with Gasteiger partial charge < -0.3 is 9.84 Å². The number of benzene rings is 1. The normalized spacial score (nSPS) is 21.5. The summed E-state index contributed by atoms with van der Waals surface area (Å²) in [7, 11) is 0. The standard InChI is InChI=1S/C15H15NO3S/c1-8-7-12-13(9(2)19-8)20-14(16-12)10-3-5-11(6-4-10)15(17)18/h3-6,8-9H,7H2,1-2H3,(H,17,18). The summed E-state index contributed by atoms with van der Waals surface area (Å²) < 4.78 is 5.81. The van der Waals surface area contributed by atoms with Gasteiger partial charge in [-0.25, -0.2) is 9.78 Å². The fraction of sp³-hybridized carbons (Fsp3) is 0.333. The van der Waals surface area contributed by atoms with E-state index in [4.69, 9.17) is 9.84 Å². The molecule has 0 spiro atoms. The van der Waals surface area contributed by atoms with Crippen LogP contribution in [0.15, 0.2) is 24.3 Å². The van der Waals surface area contributed by atoms with Crippen molar-refractivity contribution in [3.63, 3.8) is 0 Å². The van der Waals surface area contributed by atoms with Crippen LogP contribution in [0, 0.1) is 0 Å². The molecule has 1 aromatic carbocycles. The topological polar surface area (TPSA) is 59.4 Å². The Bertz CT molecular complexity index is 648. The number of aromatic carboxylic acids is 1. The van der Waals surface area contributed by atoms with E-state index in [1.54, 1.807) is 23.5 Å². The molecule has 0 aliphatic carbocycles. The summed E-state index contributed by atoms with van der Waals surface area (Å²) in [6.45, 7) is 4.10. The summed E-state index contributed by atoms with van der Waals surface area (Å²) >= 11 is 1.63. The number of ether oxygens (including phenoxy) is 1. The van der Waals surface area contributed by atoms with E-state index in [2.05, 4.69) is 11.9 Å². The van der Waals surface area contributed by atoms with Gasteiger partial charge in [-0.05, 0) is 26.0 Å². The third-order valence-electron chi connectivity index (χ3n) is 3.39. The molecule has 104 valence electrons. The third-order valence-corrected chi connectivity index (χ3v) is 4.70. The molecule has 0 amide bonds. The summed E-state index contributed by atoms with van der Waals surface area (Å²) in [4.78, 5) is 16.7. The minimum absolute atomic E-state index is 0.0818. The van der Waals surface area contributed by atoms with E-state index >= 15 is 0 Å². The monoisotopic (exact) mass is 289 g/mol. The summed E-state index contributed by atoms with van der Waals surface area (Å²) in [5, 5.41) is 9.84. The highest BCUT2D eigenvalue weighted by Crippen LogP contribution is 2.37. The lowest BCUT2D eigenvalue weighted by atomic mass is 10.1. The lowest BCUT2D eigenvalue weighted by Crippen LogP contribution is -2.20. The van der Waals surface area contributed by atoms with Crippen molar-refractivity contribution >= 4 is 17.3 Å². The van der Waals surface area contributed by atoms with E-state index in [-0.39, 0.29) is 12.2 Å². The molecule has 0 saturated heterocycles. The zero-order chi connectivity index (χ0) is 14.3. The Labute approximate surface area is 121 Å². The predicted octanol–water partition coefficient (Wildman–Crippen LogP) is 3.53. The van der Waals surface area contributed by atoms with Gasteiger partial charge in [0.25, 0.3) is 0 Å². The lowest BCUT2D eigenvalue weighted by Gasteiger charge is -2.23. The van der Waals surface area contributed by atoms with E-state index < -0.39 is 5.97 Å². The average Bonchev–Trinajstić information content (AvgIpc) is 2.83. The highest BCUT2D eigenvalue weighted by atomic mass is 32.1. The maximum atomic E-state index is 10.9. The molecule has 0 radical (unpaired) electrons. The summed E-state index contributed by atoms with van der Waals surface area (Å²) in [5.74, 6) is -0.911. The third kappa shape index (κ3) is 2.34. The van der Waals surface area contributed by atoms with Crippen LogP contribution < -0.4 is 0 Å². The summed E-state index contributed by atoms with van der Waals surface area (Å²) in [6.07, 6.45) is 1.11. The molecule has 2 heterocycles. The molecular formula is C15H15NO3S. The van der Waals surface area contributed by atoms with Gasteiger partial charge in [0.05, 0.1) is 28.3 Å². The Morgan fingerprint density at radius 2 is 2.05 bits per heavy atom. The molecule has 5 heteroatoms. The average molecular weight is 289 g/mol. The summed E-state index contributed by atoms with van der Waals surface area (Å²) in [5.41, 5.74) is 2.35. The first kappa shape index (κ1) is 13.3. The van der Waals surface area contributed by atoms with Gasteiger partial charge in [-0.15, -0.1) is 11.3 Å². The predicted molar refractivity (Wildman–Crippen MR) is 77.2 cm³/mol. The van der Waals surface area contributed by atoms with Crippen LogP contribution in [0.3, 0.4) is 0 Å². The maximum Gasteiger partial charge on any atom is 0.335 e. The maximum absolute atomic E-state index is 10.9. The van der Waals surface area contributed by atoms with E-state index in [1.165, 1.54) is 4.88 Å². The Morgan fingerprint density at radius 1 is 1.35 bits per heavy atom. The Morgan fingerprint density at radius 3 is 2.70 bits per heavy atom. The van der Waals surface area contributed by atoms with E-state index in [0.29, 0.717) is 5.56 Å². The number of carboxylic acids is 1. The molecule has 2 unspecified atom stereocenters. The van der Waals surface area contributed by atoms with Crippen molar-refractivity contribution in [2.75, 3.05) is 0 Å². The van der Waals surface area contributed by atoms with Crippen LogP contribution in [-0.2, 0) is 11.2 Å². The molecule has 0 saturated carbocycles. The van der Waals surface area contributed by atoms with Gasteiger partial charge in [0, 0.05) is 12.0 Å². The van der Waals surface area contributed by atoms with Crippen LogP contribution in [0.2, 0.25) is 0 Å². The van der Waals surface area contributed by atoms with Crippen molar-refractivity contribution in [1.29, 1.82) is 0 Å². The van der Waals surface area contributed by atoms with E-state index in [9.17, 15) is 4.79 Å². The molecule has 3 rings (SSSR count). The number of thiazole rings is 1. The highest BCUT2D eigenvalue weighted by molar-refractivity contribution is 7.15. The summed E-state index contributed by atoms with van der Waals surface area (Å²) in [6, 6.07) is 6.84. The second kappa shape index (κ2) is 5.00. The van der Waals surface area contributed by atoms with Crippen LogP contribution in [0.25, 0.3) is 10.6 Å². The number of hydrogen-bond acceptors (Lipinski definition) is 4. The molecule has 0 fully saturated rings. The van der Waals surface area contributed by atoms with Crippen LogP contribution in [0.1, 0.15) is 40.9 Å². The van der Waals surface area contributed by atoms with Crippen molar-refractivity contribution in [3.8, 4) is 10.6 Å². The van der Waals surface area contributed by atoms with Crippen LogP contribution in [0.4, 0.5) is 0 Å². The van der Waals surface area contributed by atoms with Crippen molar-refractivity contribution in [2.24, 2.45) is 0 Å². The first-order chi connectivity index (χ1) is 9.54. The van der Waals surface area contributed by atoms with Gasteiger partial charge in [-0.3, -0.25) is 0 Å². The molecule has 0 bridgehead atoms. The van der Waals surface area contributed by atoms with Crippen LogP contribution in [-0.4, -0.2) is 22.2 Å². The van der Waals surface area contributed by atoms with Gasteiger partial charge in [-0.2, -0.15) is 0 Å². The lowest BCUT2D eigenvalue weighted by molar-refractivity contribution is -0.00317. The van der Waals surface area contributed by atoms with Crippen molar-refractivity contribution in [3.05, 3.63) is 40.4 Å². The Kier molecular flexibility index (Phi) is 3.31. The second-order valence-corrected chi connectivity index (χ2v) is 6.04. The van der Waals surface area contributed by atoms with Gasteiger partial charge in [-0.1, -0.05) is 12.1 Å². The molecule has 2 atom stereocenters. The van der Waals surface area contributed by atoms with Gasteiger partial charge in [0.15, 0.2) is 0 Å². The van der Waals surface area contributed by atoms with Crippen molar-refractivity contribution in [2.45, 2.75) is 32.5 Å². The number of aromatic nitrogens is 1. The zero-order valence-electron chi connectivity index (χ0n) is 11.3. The fourth-order valence-corrected chi connectivity index (χ4v) is 3.52. The molecule has 1 aliphatic rings.